The highest BCUT2D eigenvalue weighted by Crippen LogP contribution is 2.22. The van der Waals surface area contributed by atoms with Gasteiger partial charge in [-0.3, -0.25) is 4.79 Å². The second kappa shape index (κ2) is 6.55. The van der Waals surface area contributed by atoms with Gasteiger partial charge in [0.1, 0.15) is 0 Å². The maximum Gasteiger partial charge on any atom is 0.251 e. The summed E-state index contributed by atoms with van der Waals surface area (Å²) in [4.78, 5) is 12.1. The van der Waals surface area contributed by atoms with Crippen LogP contribution in [0.4, 0.5) is 0 Å². The number of carbonyl (C=O) groups excluding carboxylic acids is 1. The third-order valence-corrected chi connectivity index (χ3v) is 4.80. The lowest BCUT2D eigenvalue weighted by molar-refractivity contribution is 0.0934. The minimum absolute atomic E-state index is 0.00542. The van der Waals surface area contributed by atoms with Crippen LogP contribution in [-0.4, -0.2) is 38.1 Å². The van der Waals surface area contributed by atoms with Crippen LogP contribution in [0.25, 0.3) is 0 Å². The lowest BCUT2D eigenvalue weighted by Gasteiger charge is -2.12. The molecule has 0 aliphatic heterocycles. The van der Waals surface area contributed by atoms with Gasteiger partial charge in [0, 0.05) is 24.3 Å². The molecule has 0 radical (unpaired) electrons. The molecular weight excluding hydrogens is 292 g/mol. The number of hydrogen-bond acceptors (Lipinski definition) is 4. The number of benzene rings is 1. The average Bonchev–Trinajstić information content (AvgIpc) is 3.22. The molecule has 21 heavy (non-hydrogen) atoms. The maximum absolute atomic E-state index is 12.0. The Hall–Kier alpha value is -1.44. The summed E-state index contributed by atoms with van der Waals surface area (Å²) < 4.78 is 26.6. The lowest BCUT2D eigenvalue weighted by Crippen LogP contribution is -2.33. The summed E-state index contributed by atoms with van der Waals surface area (Å²) >= 11 is 0. The Labute approximate surface area is 124 Å². The van der Waals surface area contributed by atoms with Gasteiger partial charge in [-0.05, 0) is 50.5 Å². The van der Waals surface area contributed by atoms with Crippen LogP contribution in [0.5, 0.6) is 0 Å². The van der Waals surface area contributed by atoms with Crippen LogP contribution < -0.4 is 10.0 Å². The van der Waals surface area contributed by atoms with E-state index in [4.69, 9.17) is 5.11 Å². The lowest BCUT2D eigenvalue weighted by atomic mass is 10.2. The second-order valence-corrected chi connectivity index (χ2v) is 7.02. The second-order valence-electron chi connectivity index (χ2n) is 5.31. The molecule has 1 saturated carbocycles. The number of hydrogen-bond donors (Lipinski definition) is 3. The summed E-state index contributed by atoms with van der Waals surface area (Å²) in [6.07, 6.45) is 2.23. The van der Waals surface area contributed by atoms with E-state index in [9.17, 15) is 13.2 Å². The number of nitrogens with one attached hydrogen (secondary N) is 2. The first-order chi connectivity index (χ1) is 9.92. The molecule has 0 heterocycles. The fourth-order valence-corrected chi connectivity index (χ4v) is 3.15. The highest BCUT2D eigenvalue weighted by molar-refractivity contribution is 7.89. The Kier molecular flexibility index (Phi) is 4.97. The van der Waals surface area contributed by atoms with E-state index in [0.29, 0.717) is 12.0 Å². The van der Waals surface area contributed by atoms with E-state index >= 15 is 0 Å². The summed E-state index contributed by atoms with van der Waals surface area (Å²) in [6.45, 7) is 1.80. The van der Waals surface area contributed by atoms with E-state index in [2.05, 4.69) is 10.0 Å². The molecule has 0 saturated heterocycles. The standard InChI is InChI=1S/C14H20N2O4S/c1-10(8-9-17)15-14(18)11-2-6-13(7-3-11)21(19,20)16-12-4-5-12/h2-3,6-7,10,12,16-17H,4-5,8-9H2,1H3,(H,15,18)/t10-/m0/s1. The molecule has 0 unspecified atom stereocenters. The molecule has 1 aromatic rings. The number of sulfonamides is 1. The first kappa shape index (κ1) is 15.9. The Morgan fingerprint density at radius 1 is 1.33 bits per heavy atom. The van der Waals surface area contributed by atoms with E-state index in [1.165, 1.54) is 24.3 Å². The van der Waals surface area contributed by atoms with Crippen LogP contribution in [0.2, 0.25) is 0 Å². The van der Waals surface area contributed by atoms with Crippen molar-refractivity contribution in [2.24, 2.45) is 0 Å². The minimum Gasteiger partial charge on any atom is -0.396 e. The minimum atomic E-state index is -3.49. The Bertz CT molecular complexity index is 594. The molecule has 1 aliphatic carbocycles. The van der Waals surface area contributed by atoms with Crippen molar-refractivity contribution in [2.75, 3.05) is 6.61 Å². The molecular formula is C14H20N2O4S. The normalized spacial score (nSPS) is 16.5. The van der Waals surface area contributed by atoms with Gasteiger partial charge in [0.25, 0.3) is 5.91 Å². The molecule has 1 aliphatic rings. The number of amides is 1. The van der Waals surface area contributed by atoms with Gasteiger partial charge in [-0.1, -0.05) is 0 Å². The number of rotatable bonds is 7. The molecule has 7 heteroatoms. The van der Waals surface area contributed by atoms with Gasteiger partial charge in [0.2, 0.25) is 10.0 Å². The van der Waals surface area contributed by atoms with Gasteiger partial charge < -0.3 is 10.4 Å². The zero-order chi connectivity index (χ0) is 15.5. The topological polar surface area (TPSA) is 95.5 Å². The Morgan fingerprint density at radius 2 is 1.95 bits per heavy atom. The SMILES string of the molecule is C[C@@H](CCO)NC(=O)c1ccc(S(=O)(=O)NC2CC2)cc1. The van der Waals surface area contributed by atoms with Crippen molar-refractivity contribution < 1.29 is 18.3 Å². The van der Waals surface area contributed by atoms with Crippen molar-refractivity contribution in [2.45, 2.75) is 43.2 Å². The van der Waals surface area contributed by atoms with Gasteiger partial charge in [-0.15, -0.1) is 0 Å². The summed E-state index contributed by atoms with van der Waals surface area (Å²) in [7, 11) is -3.49. The first-order valence-electron chi connectivity index (χ1n) is 6.96. The van der Waals surface area contributed by atoms with E-state index in [1.807, 2.05) is 0 Å². The molecule has 0 aromatic heterocycles. The van der Waals surface area contributed by atoms with Gasteiger partial charge >= 0.3 is 0 Å². The van der Waals surface area contributed by atoms with Gasteiger partial charge in [-0.2, -0.15) is 0 Å². The van der Waals surface area contributed by atoms with Gasteiger partial charge in [0.15, 0.2) is 0 Å². The zero-order valence-electron chi connectivity index (χ0n) is 11.9. The molecule has 0 spiro atoms. The number of aliphatic hydroxyl groups is 1. The third kappa shape index (κ3) is 4.52. The van der Waals surface area contributed by atoms with Crippen LogP contribution >= 0.6 is 0 Å². The highest BCUT2D eigenvalue weighted by atomic mass is 32.2. The smallest absolute Gasteiger partial charge is 0.251 e. The highest BCUT2D eigenvalue weighted by Gasteiger charge is 2.27. The molecule has 116 valence electrons. The first-order valence-corrected chi connectivity index (χ1v) is 8.45. The quantitative estimate of drug-likeness (QED) is 0.688. The predicted octanol–water partition coefficient (Wildman–Crippen LogP) is 0.628. The van der Waals surface area contributed by atoms with Crippen molar-refractivity contribution in [3.05, 3.63) is 29.8 Å². The van der Waals surface area contributed by atoms with Crippen molar-refractivity contribution in [3.8, 4) is 0 Å². The van der Waals surface area contributed by atoms with E-state index in [1.54, 1.807) is 6.92 Å². The maximum atomic E-state index is 12.0. The van der Waals surface area contributed by atoms with Crippen LogP contribution in [-0.2, 0) is 10.0 Å². The van der Waals surface area contributed by atoms with E-state index < -0.39 is 10.0 Å². The molecule has 1 aromatic carbocycles. The molecule has 1 fully saturated rings. The van der Waals surface area contributed by atoms with Crippen molar-refractivity contribution in [1.82, 2.24) is 10.0 Å². The fourth-order valence-electron chi connectivity index (χ4n) is 1.85. The van der Waals surface area contributed by atoms with Crippen LogP contribution in [0.3, 0.4) is 0 Å². The van der Waals surface area contributed by atoms with Crippen molar-refractivity contribution >= 4 is 15.9 Å². The largest absolute Gasteiger partial charge is 0.396 e. The molecule has 1 amide bonds. The molecule has 6 nitrogen and oxygen atoms in total. The van der Waals surface area contributed by atoms with Crippen molar-refractivity contribution in [3.63, 3.8) is 0 Å². The summed E-state index contributed by atoms with van der Waals surface area (Å²) in [6, 6.07) is 5.75. The van der Waals surface area contributed by atoms with E-state index in [0.717, 1.165) is 12.8 Å². The number of carbonyl (C=O) groups is 1. The summed E-state index contributed by atoms with van der Waals surface area (Å²) in [5.74, 6) is -0.282. The molecule has 2 rings (SSSR count). The van der Waals surface area contributed by atoms with E-state index in [-0.39, 0.29) is 29.5 Å². The monoisotopic (exact) mass is 312 g/mol. The molecule has 3 N–H and O–H groups in total. The Morgan fingerprint density at radius 3 is 2.48 bits per heavy atom. The summed E-state index contributed by atoms with van der Waals surface area (Å²) in [5, 5.41) is 11.5. The zero-order valence-corrected chi connectivity index (χ0v) is 12.7. The van der Waals surface area contributed by atoms with Crippen LogP contribution in [0.1, 0.15) is 36.5 Å². The fraction of sp³-hybridized carbons (Fsp3) is 0.500. The predicted molar refractivity (Wildman–Crippen MR) is 78.4 cm³/mol. The van der Waals surface area contributed by atoms with Crippen molar-refractivity contribution in [1.29, 1.82) is 0 Å². The average molecular weight is 312 g/mol. The summed E-state index contributed by atoms with van der Waals surface area (Å²) in [5.41, 5.74) is 0.394. The van der Waals surface area contributed by atoms with Crippen LogP contribution in [0.15, 0.2) is 29.2 Å². The number of aliphatic hydroxyl groups excluding tert-OH is 1. The molecule has 1 atom stereocenters. The van der Waals surface area contributed by atoms with Gasteiger partial charge in [-0.25, -0.2) is 13.1 Å². The Balaban J connectivity index is 2.02. The van der Waals surface area contributed by atoms with Gasteiger partial charge in [0.05, 0.1) is 4.90 Å². The molecule has 0 bridgehead atoms. The third-order valence-electron chi connectivity index (χ3n) is 3.27. The van der Waals surface area contributed by atoms with Crippen LogP contribution in [0, 0.1) is 0 Å².